The number of hydrogen-bond donors (Lipinski definition) is 2. The Bertz CT molecular complexity index is 386. The topological polar surface area (TPSA) is 59.6 Å². The van der Waals surface area contributed by atoms with Gasteiger partial charge < -0.3 is 20.1 Å². The molecule has 0 spiro atoms. The average Bonchev–Trinajstić information content (AvgIpc) is 2.37. The van der Waals surface area contributed by atoms with Gasteiger partial charge in [0.1, 0.15) is 0 Å². The monoisotopic (exact) mass is 274 g/mol. The van der Waals surface area contributed by atoms with Crippen molar-refractivity contribution in [3.05, 3.63) is 23.8 Å². The summed E-state index contributed by atoms with van der Waals surface area (Å²) in [7, 11) is 4.89. The molecule has 0 fully saturated rings. The van der Waals surface area contributed by atoms with Crippen molar-refractivity contribution in [3.8, 4) is 11.5 Å². The van der Waals surface area contributed by atoms with Crippen molar-refractivity contribution in [2.45, 2.75) is 0 Å². The number of likely N-dealkylation sites (N-methyl/N-ethyl adjacent to an activating group) is 1. The number of carbonyl (C=O) groups is 1. The van der Waals surface area contributed by atoms with Crippen molar-refractivity contribution in [3.63, 3.8) is 0 Å². The summed E-state index contributed by atoms with van der Waals surface area (Å²) in [5, 5.41) is 5.74. The number of methoxy groups -OCH3 is 2. The van der Waals surface area contributed by atoms with E-state index in [1.807, 2.05) is 7.05 Å². The Balaban J connectivity index is 0.00000289. The Labute approximate surface area is 113 Å². The second kappa shape index (κ2) is 8.60. The highest BCUT2D eigenvalue weighted by Gasteiger charge is 2.15. The van der Waals surface area contributed by atoms with Crippen LogP contribution in [0.15, 0.2) is 18.2 Å². The highest BCUT2D eigenvalue weighted by Crippen LogP contribution is 2.30. The van der Waals surface area contributed by atoms with Gasteiger partial charge in [0.15, 0.2) is 11.5 Å². The molecule has 0 atom stereocenters. The van der Waals surface area contributed by atoms with Crippen LogP contribution < -0.4 is 20.1 Å². The summed E-state index contributed by atoms with van der Waals surface area (Å²) >= 11 is 0. The molecule has 1 rings (SSSR count). The number of nitrogens with one attached hydrogen (secondary N) is 2. The Kier molecular flexibility index (Phi) is 7.91. The molecule has 2 N–H and O–H groups in total. The van der Waals surface area contributed by atoms with Crippen molar-refractivity contribution in [1.82, 2.24) is 10.6 Å². The van der Waals surface area contributed by atoms with Crippen LogP contribution in [0.2, 0.25) is 0 Å². The molecule has 0 aliphatic rings. The van der Waals surface area contributed by atoms with E-state index in [-0.39, 0.29) is 18.3 Å². The Morgan fingerprint density at radius 2 is 1.94 bits per heavy atom. The minimum absolute atomic E-state index is 0. The standard InChI is InChI=1S/C12H18N2O3.ClH/c1-13-7-8-14-12(15)9-5-4-6-10(16-2)11(9)17-3;/h4-6,13H,7-8H2,1-3H3,(H,14,15);1H. The normalized spacial score (nSPS) is 9.28. The van der Waals surface area contributed by atoms with Gasteiger partial charge in [-0.3, -0.25) is 4.79 Å². The minimum Gasteiger partial charge on any atom is -0.493 e. The van der Waals surface area contributed by atoms with Crippen molar-refractivity contribution in [2.24, 2.45) is 0 Å². The Morgan fingerprint density at radius 3 is 2.50 bits per heavy atom. The zero-order valence-electron chi connectivity index (χ0n) is 10.8. The lowest BCUT2D eigenvalue weighted by molar-refractivity contribution is 0.0950. The van der Waals surface area contributed by atoms with Gasteiger partial charge >= 0.3 is 0 Å². The summed E-state index contributed by atoms with van der Waals surface area (Å²) in [6.45, 7) is 1.29. The minimum atomic E-state index is -0.170. The van der Waals surface area contributed by atoms with Gasteiger partial charge in [-0.15, -0.1) is 12.4 Å². The molecule has 5 nitrogen and oxygen atoms in total. The van der Waals surface area contributed by atoms with Gasteiger partial charge in [0.05, 0.1) is 19.8 Å². The molecule has 1 aromatic carbocycles. The van der Waals surface area contributed by atoms with E-state index in [1.54, 1.807) is 25.3 Å². The number of ether oxygens (including phenoxy) is 2. The van der Waals surface area contributed by atoms with E-state index < -0.39 is 0 Å². The second-order valence-electron chi connectivity index (χ2n) is 3.40. The number of amides is 1. The Hall–Kier alpha value is -1.46. The molecule has 0 unspecified atom stereocenters. The lowest BCUT2D eigenvalue weighted by Crippen LogP contribution is -2.30. The lowest BCUT2D eigenvalue weighted by Gasteiger charge is -2.12. The molecule has 0 radical (unpaired) electrons. The van der Waals surface area contributed by atoms with Crippen molar-refractivity contribution in [1.29, 1.82) is 0 Å². The lowest BCUT2D eigenvalue weighted by atomic mass is 10.1. The number of hydrogen-bond acceptors (Lipinski definition) is 4. The van der Waals surface area contributed by atoms with Gasteiger partial charge in [-0.05, 0) is 19.2 Å². The Morgan fingerprint density at radius 1 is 1.22 bits per heavy atom. The highest BCUT2D eigenvalue weighted by molar-refractivity contribution is 5.97. The van der Waals surface area contributed by atoms with Crippen LogP contribution in [0.4, 0.5) is 0 Å². The molecule has 6 heteroatoms. The molecule has 0 aromatic heterocycles. The predicted octanol–water partition coefficient (Wildman–Crippen LogP) is 1.07. The van der Waals surface area contributed by atoms with Crippen LogP contribution in [0.25, 0.3) is 0 Å². The van der Waals surface area contributed by atoms with E-state index in [2.05, 4.69) is 10.6 Å². The quantitative estimate of drug-likeness (QED) is 0.762. The zero-order chi connectivity index (χ0) is 12.7. The number of rotatable bonds is 6. The first-order valence-electron chi connectivity index (χ1n) is 5.38. The molecular formula is C12H19ClN2O3. The van der Waals surface area contributed by atoms with Gasteiger partial charge in [0.2, 0.25) is 0 Å². The number of para-hydroxylation sites is 1. The molecule has 1 amide bonds. The summed E-state index contributed by atoms with van der Waals surface area (Å²) in [5.41, 5.74) is 0.475. The van der Waals surface area contributed by atoms with Gasteiger partial charge in [0, 0.05) is 13.1 Å². The smallest absolute Gasteiger partial charge is 0.255 e. The van der Waals surface area contributed by atoms with E-state index in [0.29, 0.717) is 23.6 Å². The fraction of sp³-hybridized carbons (Fsp3) is 0.417. The van der Waals surface area contributed by atoms with Crippen LogP contribution in [0, 0.1) is 0 Å². The number of halogens is 1. The maximum atomic E-state index is 11.9. The van der Waals surface area contributed by atoms with Gasteiger partial charge in [0.25, 0.3) is 5.91 Å². The molecule has 18 heavy (non-hydrogen) atoms. The summed E-state index contributed by atoms with van der Waals surface area (Å²) in [4.78, 5) is 11.9. The fourth-order valence-corrected chi connectivity index (χ4v) is 1.46. The second-order valence-corrected chi connectivity index (χ2v) is 3.40. The third-order valence-corrected chi connectivity index (χ3v) is 2.31. The van der Waals surface area contributed by atoms with Crippen LogP contribution in [-0.2, 0) is 0 Å². The van der Waals surface area contributed by atoms with E-state index in [1.165, 1.54) is 7.11 Å². The summed E-state index contributed by atoms with van der Waals surface area (Å²) in [6.07, 6.45) is 0. The number of benzene rings is 1. The third-order valence-electron chi connectivity index (χ3n) is 2.31. The van der Waals surface area contributed by atoms with Crippen molar-refractivity contribution >= 4 is 18.3 Å². The summed E-state index contributed by atoms with van der Waals surface area (Å²) < 4.78 is 10.3. The van der Waals surface area contributed by atoms with E-state index in [4.69, 9.17) is 9.47 Å². The first kappa shape index (κ1) is 16.5. The van der Waals surface area contributed by atoms with Gasteiger partial charge in [-0.1, -0.05) is 6.07 Å². The van der Waals surface area contributed by atoms with Crippen LogP contribution in [0.3, 0.4) is 0 Å². The van der Waals surface area contributed by atoms with E-state index in [0.717, 1.165) is 6.54 Å². The molecule has 0 aliphatic carbocycles. The van der Waals surface area contributed by atoms with Gasteiger partial charge in [-0.2, -0.15) is 0 Å². The molecule has 0 aliphatic heterocycles. The first-order chi connectivity index (χ1) is 8.24. The van der Waals surface area contributed by atoms with Crippen LogP contribution in [0.5, 0.6) is 11.5 Å². The van der Waals surface area contributed by atoms with Gasteiger partial charge in [-0.25, -0.2) is 0 Å². The molecule has 0 heterocycles. The summed E-state index contributed by atoms with van der Waals surface area (Å²) in [5.74, 6) is 0.835. The van der Waals surface area contributed by atoms with E-state index >= 15 is 0 Å². The molecule has 0 saturated heterocycles. The largest absolute Gasteiger partial charge is 0.493 e. The van der Waals surface area contributed by atoms with Crippen LogP contribution in [0.1, 0.15) is 10.4 Å². The van der Waals surface area contributed by atoms with E-state index in [9.17, 15) is 4.79 Å². The molecule has 1 aromatic rings. The first-order valence-corrected chi connectivity index (χ1v) is 5.38. The van der Waals surface area contributed by atoms with Crippen LogP contribution in [-0.4, -0.2) is 40.3 Å². The third kappa shape index (κ3) is 4.09. The number of carbonyl (C=O) groups excluding carboxylic acids is 1. The molecule has 0 saturated carbocycles. The predicted molar refractivity (Wildman–Crippen MR) is 73.1 cm³/mol. The van der Waals surface area contributed by atoms with Crippen molar-refractivity contribution < 1.29 is 14.3 Å². The SMILES string of the molecule is CNCCNC(=O)c1cccc(OC)c1OC.Cl. The molecule has 0 bridgehead atoms. The maximum Gasteiger partial charge on any atom is 0.255 e. The van der Waals surface area contributed by atoms with Crippen molar-refractivity contribution in [2.75, 3.05) is 34.4 Å². The molecule has 102 valence electrons. The summed E-state index contributed by atoms with van der Waals surface area (Å²) in [6, 6.07) is 5.22. The fourth-order valence-electron chi connectivity index (χ4n) is 1.46. The highest BCUT2D eigenvalue weighted by atomic mass is 35.5. The average molecular weight is 275 g/mol. The van der Waals surface area contributed by atoms with Crippen LogP contribution >= 0.6 is 12.4 Å². The maximum absolute atomic E-state index is 11.9. The zero-order valence-corrected chi connectivity index (χ0v) is 11.6. The molecular weight excluding hydrogens is 256 g/mol.